The molecule has 1 aliphatic heterocycles. The highest BCUT2D eigenvalue weighted by molar-refractivity contribution is 5.85. The number of nitrogens with two attached hydrogens (primary N) is 1. The second kappa shape index (κ2) is 5.09. The number of fused-ring (bicyclic) bond motifs is 1. The Morgan fingerprint density at radius 1 is 1.21 bits per heavy atom. The van der Waals surface area contributed by atoms with Crippen molar-refractivity contribution in [3.8, 4) is 6.07 Å². The zero-order valence-corrected chi connectivity index (χ0v) is 14.7. The van der Waals surface area contributed by atoms with Gasteiger partial charge in [-0.05, 0) is 74.5 Å². The highest BCUT2D eigenvalue weighted by Crippen LogP contribution is 2.63. The van der Waals surface area contributed by atoms with Gasteiger partial charge in [-0.2, -0.15) is 5.26 Å². The monoisotopic (exact) mass is 351 g/mol. The van der Waals surface area contributed by atoms with Crippen LogP contribution >= 0.6 is 12.4 Å². The molecule has 5 aliphatic carbocycles. The maximum absolute atomic E-state index is 13.1. The number of likely N-dealkylation sites (tertiary alicyclic amines) is 1. The second-order valence-corrected chi connectivity index (χ2v) is 9.21. The van der Waals surface area contributed by atoms with Crippen LogP contribution in [-0.2, 0) is 4.79 Å². The molecule has 132 valence electrons. The molecule has 0 spiro atoms. The van der Waals surface area contributed by atoms with Crippen molar-refractivity contribution in [1.82, 2.24) is 4.90 Å². The first-order valence-corrected chi connectivity index (χ1v) is 9.13. The molecule has 4 bridgehead atoms. The third-order valence-electron chi connectivity index (χ3n) is 7.51. The zero-order valence-electron chi connectivity index (χ0n) is 13.9. The fourth-order valence-electron chi connectivity index (χ4n) is 6.96. The van der Waals surface area contributed by atoms with Crippen LogP contribution in [0.15, 0.2) is 0 Å². The SMILES string of the molecule is Cl.N#C[C@@H]1C[C@H]2C[C@H]2N1C(=O)[C@@H](N)C12CC3CC(CC(O)(C3)C1)C2. The molecule has 5 nitrogen and oxygen atoms in total. The number of hydrogen-bond acceptors (Lipinski definition) is 4. The predicted octanol–water partition coefficient (Wildman–Crippen LogP) is 1.58. The molecule has 24 heavy (non-hydrogen) atoms. The van der Waals surface area contributed by atoms with Crippen molar-refractivity contribution in [3.63, 3.8) is 0 Å². The minimum absolute atomic E-state index is 0. The summed E-state index contributed by atoms with van der Waals surface area (Å²) in [5.74, 6) is 1.56. The van der Waals surface area contributed by atoms with E-state index < -0.39 is 11.6 Å². The van der Waals surface area contributed by atoms with Crippen LogP contribution in [0.1, 0.15) is 51.4 Å². The number of halogens is 1. The van der Waals surface area contributed by atoms with Crippen LogP contribution in [0.3, 0.4) is 0 Å². The van der Waals surface area contributed by atoms with E-state index >= 15 is 0 Å². The first-order chi connectivity index (χ1) is 10.9. The van der Waals surface area contributed by atoms with Gasteiger partial charge in [0.25, 0.3) is 0 Å². The van der Waals surface area contributed by atoms with Crippen LogP contribution < -0.4 is 5.73 Å². The van der Waals surface area contributed by atoms with Crippen LogP contribution in [0.25, 0.3) is 0 Å². The van der Waals surface area contributed by atoms with Gasteiger partial charge in [-0.25, -0.2) is 0 Å². The van der Waals surface area contributed by atoms with Gasteiger partial charge >= 0.3 is 0 Å². The quantitative estimate of drug-likeness (QED) is 0.790. The van der Waals surface area contributed by atoms with Gasteiger partial charge in [0, 0.05) is 6.04 Å². The van der Waals surface area contributed by atoms with Gasteiger partial charge in [0.15, 0.2) is 0 Å². The molecule has 1 heterocycles. The van der Waals surface area contributed by atoms with Crippen molar-refractivity contribution >= 4 is 18.3 Å². The summed E-state index contributed by atoms with van der Waals surface area (Å²) in [6, 6.07) is 1.72. The third-order valence-corrected chi connectivity index (χ3v) is 7.51. The van der Waals surface area contributed by atoms with Gasteiger partial charge in [-0.15, -0.1) is 12.4 Å². The number of carbonyl (C=O) groups excluding carboxylic acids is 1. The minimum Gasteiger partial charge on any atom is -0.390 e. The summed E-state index contributed by atoms with van der Waals surface area (Å²) >= 11 is 0. The maximum Gasteiger partial charge on any atom is 0.241 e. The summed E-state index contributed by atoms with van der Waals surface area (Å²) in [5, 5.41) is 20.2. The van der Waals surface area contributed by atoms with Crippen LogP contribution in [0.5, 0.6) is 0 Å². The largest absolute Gasteiger partial charge is 0.390 e. The van der Waals surface area contributed by atoms with Crippen molar-refractivity contribution in [3.05, 3.63) is 0 Å². The average molecular weight is 352 g/mol. The van der Waals surface area contributed by atoms with Gasteiger partial charge in [-0.1, -0.05) is 0 Å². The molecule has 6 atom stereocenters. The lowest BCUT2D eigenvalue weighted by Crippen LogP contribution is -2.64. The molecule has 3 N–H and O–H groups in total. The van der Waals surface area contributed by atoms with Crippen molar-refractivity contribution in [2.45, 2.75) is 75.1 Å². The van der Waals surface area contributed by atoms with Crippen LogP contribution in [0, 0.1) is 34.5 Å². The van der Waals surface area contributed by atoms with Crippen molar-refractivity contribution in [1.29, 1.82) is 5.26 Å². The Balaban J connectivity index is 0.00000146. The number of carbonyl (C=O) groups is 1. The van der Waals surface area contributed by atoms with Crippen LogP contribution in [0.4, 0.5) is 0 Å². The number of nitriles is 1. The van der Waals surface area contributed by atoms with E-state index in [9.17, 15) is 15.2 Å². The molecular formula is C18H26ClN3O2. The molecule has 0 aromatic heterocycles. The van der Waals surface area contributed by atoms with Crippen molar-refractivity contribution in [2.24, 2.45) is 28.9 Å². The Kier molecular flexibility index (Phi) is 3.53. The maximum atomic E-state index is 13.1. The summed E-state index contributed by atoms with van der Waals surface area (Å²) < 4.78 is 0. The van der Waals surface area contributed by atoms with E-state index in [0.29, 0.717) is 24.2 Å². The van der Waals surface area contributed by atoms with Crippen LogP contribution in [0.2, 0.25) is 0 Å². The van der Waals surface area contributed by atoms with E-state index in [-0.39, 0.29) is 35.8 Å². The predicted molar refractivity (Wildman–Crippen MR) is 90.0 cm³/mol. The van der Waals surface area contributed by atoms with Gasteiger partial charge < -0.3 is 15.7 Å². The number of piperidine rings is 1. The Hall–Kier alpha value is -0.830. The molecule has 0 radical (unpaired) electrons. The van der Waals surface area contributed by atoms with E-state index in [1.807, 2.05) is 0 Å². The average Bonchev–Trinajstić information content (AvgIpc) is 3.14. The van der Waals surface area contributed by atoms with Crippen molar-refractivity contribution < 1.29 is 9.90 Å². The highest BCUT2D eigenvalue weighted by Gasteiger charge is 2.62. The first-order valence-electron chi connectivity index (χ1n) is 9.13. The van der Waals surface area contributed by atoms with E-state index in [4.69, 9.17) is 5.73 Å². The Labute approximate surface area is 149 Å². The lowest BCUT2D eigenvalue weighted by molar-refractivity contribution is -0.177. The summed E-state index contributed by atoms with van der Waals surface area (Å²) in [7, 11) is 0. The van der Waals surface area contributed by atoms with Crippen LogP contribution in [-0.4, -0.2) is 39.6 Å². The van der Waals surface area contributed by atoms with Gasteiger partial charge in [-0.3, -0.25) is 4.79 Å². The number of aliphatic hydroxyl groups is 1. The molecule has 6 rings (SSSR count). The normalized spacial score (nSPS) is 51.5. The second-order valence-electron chi connectivity index (χ2n) is 9.21. The summed E-state index contributed by atoms with van der Waals surface area (Å²) in [4.78, 5) is 14.9. The smallest absolute Gasteiger partial charge is 0.241 e. The standard InChI is InChI=1S/C18H25N3O2.ClH/c19-8-13-2-12-3-14(12)21(13)16(22)15(20)17-4-10-1-11(5-17)7-18(23,6-10)9-17;/h10-15,23H,1-7,9,20H2;1H/t10?,11?,12-,13-,14+,15+,17?,18?;/m0./s1. The number of hydrogen-bond donors (Lipinski definition) is 2. The molecule has 5 saturated carbocycles. The molecule has 6 heteroatoms. The summed E-state index contributed by atoms with van der Waals surface area (Å²) in [5.41, 5.74) is 5.71. The molecular weight excluding hydrogens is 326 g/mol. The lowest BCUT2D eigenvalue weighted by atomic mass is 9.46. The third kappa shape index (κ3) is 2.16. The first kappa shape index (κ1) is 16.6. The Morgan fingerprint density at radius 2 is 1.88 bits per heavy atom. The van der Waals surface area contributed by atoms with Gasteiger partial charge in [0.2, 0.25) is 5.91 Å². The van der Waals surface area contributed by atoms with Gasteiger partial charge in [0.05, 0.1) is 17.7 Å². The molecule has 0 aromatic carbocycles. The number of nitrogens with zero attached hydrogens (tertiary/aromatic N) is 2. The molecule has 1 saturated heterocycles. The molecule has 0 aromatic rings. The molecule has 6 aliphatic rings. The van der Waals surface area contributed by atoms with E-state index in [1.165, 1.54) is 6.42 Å². The van der Waals surface area contributed by atoms with E-state index in [1.54, 1.807) is 4.90 Å². The molecule has 1 amide bonds. The van der Waals surface area contributed by atoms with Gasteiger partial charge in [0.1, 0.15) is 6.04 Å². The number of amides is 1. The number of rotatable bonds is 2. The minimum atomic E-state index is -0.594. The highest BCUT2D eigenvalue weighted by atomic mass is 35.5. The van der Waals surface area contributed by atoms with E-state index in [2.05, 4.69) is 6.07 Å². The lowest BCUT2D eigenvalue weighted by Gasteiger charge is -2.61. The topological polar surface area (TPSA) is 90.4 Å². The van der Waals surface area contributed by atoms with Crippen molar-refractivity contribution in [2.75, 3.05) is 0 Å². The fourth-order valence-corrected chi connectivity index (χ4v) is 6.96. The summed E-state index contributed by atoms with van der Waals surface area (Å²) in [6.07, 6.45) is 7.48. The Bertz CT molecular complexity index is 604. The molecule has 6 fully saturated rings. The molecule has 2 unspecified atom stereocenters. The summed E-state index contributed by atoms with van der Waals surface area (Å²) in [6.45, 7) is 0. The zero-order chi connectivity index (χ0) is 16.0. The Morgan fingerprint density at radius 3 is 2.46 bits per heavy atom. The van der Waals surface area contributed by atoms with E-state index in [0.717, 1.165) is 38.5 Å². The fraction of sp³-hybridized carbons (Fsp3) is 0.889.